The third-order valence-corrected chi connectivity index (χ3v) is 2.87. The van der Waals surface area contributed by atoms with E-state index in [0.29, 0.717) is 10.6 Å². The van der Waals surface area contributed by atoms with Crippen molar-refractivity contribution in [3.05, 3.63) is 47.0 Å². The second kappa shape index (κ2) is 8.84. The van der Waals surface area contributed by atoms with Gasteiger partial charge in [-0.25, -0.2) is 9.59 Å². The fourth-order valence-electron chi connectivity index (χ4n) is 1.56. The minimum Gasteiger partial charge on any atom is -0.480 e. The molecule has 0 saturated heterocycles. The van der Waals surface area contributed by atoms with Crippen LogP contribution < -0.4 is 5.32 Å². The number of nitrogens with one attached hydrogen (secondary N) is 1. The Bertz CT molecular complexity index is 568. The number of benzene rings is 1. The van der Waals surface area contributed by atoms with Gasteiger partial charge < -0.3 is 15.2 Å². The molecule has 1 aromatic rings. The van der Waals surface area contributed by atoms with Crippen LogP contribution in [0.5, 0.6) is 0 Å². The number of amides is 1. The molecule has 1 atom stereocenters. The largest absolute Gasteiger partial charge is 0.480 e. The van der Waals surface area contributed by atoms with E-state index in [1.165, 1.54) is 30.3 Å². The molecule has 1 amide bonds. The molecule has 0 aromatic heterocycles. The van der Waals surface area contributed by atoms with Gasteiger partial charge in [-0.2, -0.15) is 0 Å². The maximum Gasteiger partial charge on any atom is 0.330 e. The number of hydrogen-bond donors (Lipinski definition) is 2. The van der Waals surface area contributed by atoms with Crippen LogP contribution in [0.2, 0.25) is 5.02 Å². The Morgan fingerprint density at radius 2 is 1.95 bits per heavy atom. The fourth-order valence-corrected chi connectivity index (χ4v) is 1.68. The highest BCUT2D eigenvalue weighted by atomic mass is 35.5. The van der Waals surface area contributed by atoms with Crippen molar-refractivity contribution in [3.63, 3.8) is 0 Å². The maximum atomic E-state index is 11.9. The molecule has 0 fully saturated rings. The summed E-state index contributed by atoms with van der Waals surface area (Å²) in [5.74, 6) is -2.29. The van der Waals surface area contributed by atoms with Gasteiger partial charge in [0.1, 0.15) is 6.04 Å². The van der Waals surface area contributed by atoms with Crippen LogP contribution in [-0.2, 0) is 14.3 Å². The highest BCUT2D eigenvalue weighted by Crippen LogP contribution is 2.10. The molecule has 6 nitrogen and oxygen atoms in total. The summed E-state index contributed by atoms with van der Waals surface area (Å²) < 4.78 is 4.67. The van der Waals surface area contributed by atoms with Gasteiger partial charge in [-0.05, 0) is 37.6 Å². The number of esters is 1. The normalized spacial score (nSPS) is 11.9. The number of carbonyl (C=O) groups excluding carboxylic acids is 2. The highest BCUT2D eigenvalue weighted by Gasteiger charge is 2.19. The van der Waals surface area contributed by atoms with Crippen LogP contribution in [0.25, 0.3) is 0 Å². The second-order valence-electron chi connectivity index (χ2n) is 4.26. The van der Waals surface area contributed by atoms with Gasteiger partial charge in [0.2, 0.25) is 0 Å². The van der Waals surface area contributed by atoms with E-state index in [2.05, 4.69) is 10.1 Å². The van der Waals surface area contributed by atoms with E-state index < -0.39 is 23.9 Å². The Balaban J connectivity index is 2.64. The van der Waals surface area contributed by atoms with E-state index in [1.807, 2.05) is 0 Å². The van der Waals surface area contributed by atoms with Gasteiger partial charge in [0, 0.05) is 16.7 Å². The molecule has 1 aromatic carbocycles. The highest BCUT2D eigenvalue weighted by molar-refractivity contribution is 6.30. The molecule has 22 heavy (non-hydrogen) atoms. The minimum absolute atomic E-state index is 0.0342. The van der Waals surface area contributed by atoms with Crippen LogP contribution in [0.3, 0.4) is 0 Å². The van der Waals surface area contributed by atoms with Crippen molar-refractivity contribution in [2.75, 3.05) is 6.61 Å². The topological polar surface area (TPSA) is 92.7 Å². The molecule has 7 heteroatoms. The number of halogens is 1. The van der Waals surface area contributed by atoms with E-state index in [-0.39, 0.29) is 13.0 Å². The Hall–Kier alpha value is -2.34. The molecule has 0 spiro atoms. The molecule has 2 N–H and O–H groups in total. The lowest BCUT2D eigenvalue weighted by molar-refractivity contribution is -0.139. The monoisotopic (exact) mass is 325 g/mol. The first-order valence-electron chi connectivity index (χ1n) is 6.56. The average molecular weight is 326 g/mol. The summed E-state index contributed by atoms with van der Waals surface area (Å²) in [5.41, 5.74) is 0.296. The summed E-state index contributed by atoms with van der Waals surface area (Å²) in [4.78, 5) is 34.2. The number of carbonyl (C=O) groups is 3. The first-order valence-corrected chi connectivity index (χ1v) is 6.94. The van der Waals surface area contributed by atoms with Crippen LogP contribution in [0.4, 0.5) is 0 Å². The lowest BCUT2D eigenvalue weighted by atomic mass is 10.1. The van der Waals surface area contributed by atoms with Crippen LogP contribution in [0.15, 0.2) is 36.4 Å². The first-order chi connectivity index (χ1) is 10.4. The lowest BCUT2D eigenvalue weighted by Gasteiger charge is -2.12. The quantitative estimate of drug-likeness (QED) is 0.591. The zero-order valence-electron chi connectivity index (χ0n) is 11.9. The summed E-state index contributed by atoms with van der Waals surface area (Å²) in [5, 5.41) is 11.9. The SMILES string of the molecule is CCOC(=O)/C=C/C[C@H](NC(=O)c1ccc(Cl)cc1)C(=O)O. The van der Waals surface area contributed by atoms with E-state index in [0.717, 1.165) is 6.08 Å². The predicted molar refractivity (Wildman–Crippen MR) is 80.7 cm³/mol. The molecule has 0 aliphatic carbocycles. The predicted octanol–water partition coefficient (Wildman–Crippen LogP) is 2.03. The number of carboxylic acid groups (broad SMARTS) is 1. The molecule has 0 unspecified atom stereocenters. The van der Waals surface area contributed by atoms with Gasteiger partial charge in [-0.15, -0.1) is 0 Å². The van der Waals surface area contributed by atoms with Gasteiger partial charge in [0.15, 0.2) is 0 Å². The Labute approximate surface area is 132 Å². The van der Waals surface area contributed by atoms with Crippen molar-refractivity contribution in [1.29, 1.82) is 0 Å². The lowest BCUT2D eigenvalue weighted by Crippen LogP contribution is -2.40. The van der Waals surface area contributed by atoms with Crippen molar-refractivity contribution in [3.8, 4) is 0 Å². The van der Waals surface area contributed by atoms with Gasteiger partial charge in [-0.1, -0.05) is 17.7 Å². The van der Waals surface area contributed by atoms with Crippen molar-refractivity contribution in [2.24, 2.45) is 0 Å². The number of hydrogen-bond acceptors (Lipinski definition) is 4. The molecule has 0 saturated carbocycles. The molecule has 0 aliphatic rings. The van der Waals surface area contributed by atoms with Crippen LogP contribution in [0, 0.1) is 0 Å². The number of ether oxygens (including phenoxy) is 1. The maximum absolute atomic E-state index is 11.9. The van der Waals surface area contributed by atoms with Crippen molar-refractivity contribution >= 4 is 29.4 Å². The zero-order valence-corrected chi connectivity index (χ0v) is 12.7. The van der Waals surface area contributed by atoms with Gasteiger partial charge in [0.25, 0.3) is 5.91 Å². The van der Waals surface area contributed by atoms with Crippen LogP contribution in [0.1, 0.15) is 23.7 Å². The molecule has 0 heterocycles. The van der Waals surface area contributed by atoms with Gasteiger partial charge in [-0.3, -0.25) is 4.79 Å². The fraction of sp³-hybridized carbons (Fsp3) is 0.267. The van der Waals surface area contributed by atoms with E-state index in [9.17, 15) is 14.4 Å². The molecule has 1 rings (SSSR count). The molecular formula is C15H16ClNO5. The first kappa shape index (κ1) is 17.7. The summed E-state index contributed by atoms with van der Waals surface area (Å²) in [7, 11) is 0. The summed E-state index contributed by atoms with van der Waals surface area (Å²) in [6.45, 7) is 1.90. The average Bonchev–Trinajstić information content (AvgIpc) is 2.46. The van der Waals surface area contributed by atoms with Crippen LogP contribution >= 0.6 is 11.6 Å². The Morgan fingerprint density at radius 1 is 1.32 bits per heavy atom. The standard InChI is InChI=1S/C15H16ClNO5/c1-2-22-13(18)5-3-4-12(15(20)21)17-14(19)10-6-8-11(16)9-7-10/h3,5-9,12H,2,4H2,1H3,(H,17,19)(H,20,21)/b5-3+/t12-/m0/s1. The summed E-state index contributed by atoms with van der Waals surface area (Å²) >= 11 is 5.72. The smallest absolute Gasteiger partial charge is 0.330 e. The number of aliphatic carboxylic acids is 1. The van der Waals surface area contributed by atoms with Crippen molar-refractivity contribution in [2.45, 2.75) is 19.4 Å². The molecule has 118 valence electrons. The number of carboxylic acids is 1. The van der Waals surface area contributed by atoms with Crippen LogP contribution in [-0.4, -0.2) is 35.6 Å². The Kier molecular flexibility index (Phi) is 7.12. The summed E-state index contributed by atoms with van der Waals surface area (Å²) in [6, 6.07) is 4.91. The van der Waals surface area contributed by atoms with E-state index in [1.54, 1.807) is 6.92 Å². The van der Waals surface area contributed by atoms with E-state index in [4.69, 9.17) is 16.7 Å². The van der Waals surface area contributed by atoms with Crippen molar-refractivity contribution in [1.82, 2.24) is 5.32 Å². The second-order valence-corrected chi connectivity index (χ2v) is 4.70. The van der Waals surface area contributed by atoms with Gasteiger partial charge in [0.05, 0.1) is 6.61 Å². The molecule has 0 radical (unpaired) electrons. The van der Waals surface area contributed by atoms with E-state index >= 15 is 0 Å². The van der Waals surface area contributed by atoms with Gasteiger partial charge >= 0.3 is 11.9 Å². The third-order valence-electron chi connectivity index (χ3n) is 2.62. The zero-order chi connectivity index (χ0) is 16.5. The minimum atomic E-state index is -1.20. The summed E-state index contributed by atoms with van der Waals surface area (Å²) in [6.07, 6.45) is 2.44. The third kappa shape index (κ3) is 5.97. The number of rotatable bonds is 7. The van der Waals surface area contributed by atoms with Crippen molar-refractivity contribution < 1.29 is 24.2 Å². The Morgan fingerprint density at radius 3 is 2.50 bits per heavy atom. The molecule has 0 bridgehead atoms. The molecular weight excluding hydrogens is 310 g/mol. The molecule has 0 aliphatic heterocycles.